The van der Waals surface area contributed by atoms with Crippen LogP contribution in [0.1, 0.15) is 51.0 Å². The van der Waals surface area contributed by atoms with Crippen molar-refractivity contribution < 1.29 is 33.5 Å². The van der Waals surface area contributed by atoms with E-state index in [1.54, 1.807) is 40.2 Å². The quantitative estimate of drug-likeness (QED) is 0.0682. The first-order valence-electron chi connectivity index (χ1n) is 20.7. The van der Waals surface area contributed by atoms with Gasteiger partial charge in [0, 0.05) is 75.9 Å². The van der Waals surface area contributed by atoms with E-state index in [0.29, 0.717) is 29.8 Å². The van der Waals surface area contributed by atoms with Gasteiger partial charge in [0.25, 0.3) is 5.69 Å². The highest BCUT2D eigenvalue weighted by molar-refractivity contribution is 6.00. The van der Waals surface area contributed by atoms with E-state index in [9.17, 15) is 19.7 Å². The normalized spacial score (nSPS) is 16.8. The van der Waals surface area contributed by atoms with Crippen LogP contribution in [0.3, 0.4) is 0 Å². The number of hydrogen-bond donors (Lipinski definition) is 1. The van der Waals surface area contributed by atoms with Gasteiger partial charge in [-0.25, -0.2) is 9.59 Å². The number of para-hydroxylation sites is 4. The molecule has 1 N–H and O–H groups in total. The first-order chi connectivity index (χ1) is 28.7. The van der Waals surface area contributed by atoms with Crippen molar-refractivity contribution in [2.45, 2.75) is 45.4 Å². The SMILES string of the molecule is COc1ccccc1N1CCN(CCCCOC(=O)C2=C(C)NC(C)=C(C(=O)OCCCCN3CCN(c4ccccc4OC)CC3)C2c2cccc([N+](=O)[O-])c2)CC1. The first-order valence-corrected chi connectivity index (χ1v) is 20.7. The van der Waals surface area contributed by atoms with E-state index in [-0.39, 0.29) is 30.0 Å². The van der Waals surface area contributed by atoms with Gasteiger partial charge >= 0.3 is 11.9 Å². The van der Waals surface area contributed by atoms with Crippen molar-refractivity contribution in [3.8, 4) is 11.5 Å². The monoisotopic (exact) mass is 810 g/mol. The van der Waals surface area contributed by atoms with Crippen LogP contribution in [-0.2, 0) is 19.1 Å². The van der Waals surface area contributed by atoms with Crippen LogP contribution in [0.25, 0.3) is 0 Å². The van der Waals surface area contributed by atoms with Crippen LogP contribution in [0.4, 0.5) is 17.1 Å². The number of dihydropyridines is 1. The van der Waals surface area contributed by atoms with Crippen LogP contribution in [0, 0.1) is 10.1 Å². The summed E-state index contributed by atoms with van der Waals surface area (Å²) in [4.78, 5) is 48.6. The number of anilines is 2. The van der Waals surface area contributed by atoms with E-state index in [1.165, 1.54) is 12.1 Å². The minimum absolute atomic E-state index is 0.135. The molecule has 6 rings (SSSR count). The number of nitro groups is 1. The molecule has 2 saturated heterocycles. The zero-order valence-electron chi connectivity index (χ0n) is 34.8. The summed E-state index contributed by atoms with van der Waals surface area (Å²) in [5, 5.41) is 15.0. The van der Waals surface area contributed by atoms with Crippen molar-refractivity contribution >= 4 is 29.0 Å². The molecule has 0 amide bonds. The van der Waals surface area contributed by atoms with Gasteiger partial charge in [-0.3, -0.25) is 19.9 Å². The largest absolute Gasteiger partial charge is 0.495 e. The van der Waals surface area contributed by atoms with Crippen molar-refractivity contribution in [3.05, 3.63) is 111 Å². The number of carbonyl (C=O) groups is 2. The highest BCUT2D eigenvalue weighted by atomic mass is 16.6. The Balaban J connectivity index is 1.00. The lowest BCUT2D eigenvalue weighted by Gasteiger charge is -2.36. The number of nitrogens with zero attached hydrogens (tertiary/aromatic N) is 5. The molecule has 0 unspecified atom stereocenters. The third-order valence-electron chi connectivity index (χ3n) is 11.4. The topological polar surface area (TPSA) is 139 Å². The summed E-state index contributed by atoms with van der Waals surface area (Å²) in [5.41, 5.74) is 4.05. The van der Waals surface area contributed by atoms with Crippen molar-refractivity contribution in [2.24, 2.45) is 0 Å². The van der Waals surface area contributed by atoms with Crippen LogP contribution in [0.15, 0.2) is 95.3 Å². The van der Waals surface area contributed by atoms with Gasteiger partial charge in [-0.15, -0.1) is 0 Å². The fourth-order valence-electron chi connectivity index (χ4n) is 8.25. The summed E-state index contributed by atoms with van der Waals surface area (Å²) in [5.74, 6) is -0.292. The molecule has 14 heteroatoms. The van der Waals surface area contributed by atoms with Crippen molar-refractivity contribution in [1.82, 2.24) is 15.1 Å². The second kappa shape index (κ2) is 20.9. The Morgan fingerprint density at radius 1 is 0.661 bits per heavy atom. The highest BCUT2D eigenvalue weighted by Crippen LogP contribution is 2.40. The average Bonchev–Trinajstić information content (AvgIpc) is 3.26. The van der Waals surface area contributed by atoms with Gasteiger partial charge < -0.3 is 34.1 Å². The van der Waals surface area contributed by atoms with E-state index in [1.807, 2.05) is 36.4 Å². The highest BCUT2D eigenvalue weighted by Gasteiger charge is 2.38. The fourth-order valence-corrected chi connectivity index (χ4v) is 8.25. The number of methoxy groups -OCH3 is 2. The molecule has 2 fully saturated rings. The molecule has 0 atom stereocenters. The molecule has 59 heavy (non-hydrogen) atoms. The Bertz CT molecular complexity index is 1870. The zero-order valence-corrected chi connectivity index (χ0v) is 34.8. The van der Waals surface area contributed by atoms with Gasteiger partial charge in [0.1, 0.15) is 11.5 Å². The standard InChI is InChI=1S/C45H58N6O8/c1-33-41(44(52)58-30-11-9-20-47-22-26-49(27-23-47)37-16-5-7-18-39(37)56-3)43(35-14-13-15-36(32-35)51(54)55)42(34(2)46-33)45(53)59-31-12-10-21-48-24-28-50(29-25-48)38-17-6-8-19-40(38)57-4/h5-8,13-19,32,43,46H,9-12,20-31H2,1-4H3. The Morgan fingerprint density at radius 2 is 1.12 bits per heavy atom. The van der Waals surface area contributed by atoms with Crippen molar-refractivity contribution in [3.63, 3.8) is 0 Å². The molecule has 316 valence electrons. The lowest BCUT2D eigenvalue weighted by Crippen LogP contribution is -2.46. The van der Waals surface area contributed by atoms with Gasteiger partial charge in [-0.05, 0) is 82.4 Å². The van der Waals surface area contributed by atoms with Crippen LogP contribution >= 0.6 is 0 Å². The van der Waals surface area contributed by atoms with Gasteiger partial charge in [0.05, 0.1) is 60.8 Å². The number of piperazine rings is 2. The Morgan fingerprint density at radius 3 is 1.56 bits per heavy atom. The van der Waals surface area contributed by atoms with E-state index in [0.717, 1.165) is 101 Å². The predicted octanol–water partition coefficient (Wildman–Crippen LogP) is 6.14. The van der Waals surface area contributed by atoms with E-state index in [4.69, 9.17) is 18.9 Å². The maximum absolute atomic E-state index is 13.9. The van der Waals surface area contributed by atoms with Gasteiger partial charge in [-0.1, -0.05) is 36.4 Å². The van der Waals surface area contributed by atoms with E-state index in [2.05, 4.69) is 37.0 Å². The van der Waals surface area contributed by atoms with E-state index >= 15 is 0 Å². The lowest BCUT2D eigenvalue weighted by atomic mass is 9.80. The molecule has 0 radical (unpaired) electrons. The zero-order chi connectivity index (χ0) is 41.7. The molecule has 3 heterocycles. The third kappa shape index (κ3) is 10.9. The fraction of sp³-hybridized carbons (Fsp3) is 0.467. The number of allylic oxidation sites excluding steroid dienone is 2. The molecule has 14 nitrogen and oxygen atoms in total. The number of carbonyl (C=O) groups excluding carboxylic acids is 2. The molecule has 0 saturated carbocycles. The Labute approximate surface area is 347 Å². The summed E-state index contributed by atoms with van der Waals surface area (Å²) >= 11 is 0. The summed E-state index contributed by atoms with van der Waals surface area (Å²) in [6.07, 6.45) is 3.03. The van der Waals surface area contributed by atoms with Crippen LogP contribution in [0.5, 0.6) is 11.5 Å². The average molecular weight is 811 g/mol. The molecular formula is C45H58N6O8. The van der Waals surface area contributed by atoms with Gasteiger partial charge in [0.15, 0.2) is 0 Å². The number of nitro benzene ring substituents is 1. The number of nitrogens with one attached hydrogen (secondary N) is 1. The Kier molecular flexibility index (Phi) is 15.2. The number of rotatable bonds is 18. The molecule has 0 aromatic heterocycles. The molecule has 3 aromatic rings. The summed E-state index contributed by atoms with van der Waals surface area (Å²) in [7, 11) is 3.39. The molecule has 3 aromatic carbocycles. The summed E-state index contributed by atoms with van der Waals surface area (Å²) < 4.78 is 22.8. The predicted molar refractivity (Wildman–Crippen MR) is 228 cm³/mol. The molecule has 3 aliphatic heterocycles. The number of benzene rings is 3. The maximum Gasteiger partial charge on any atom is 0.336 e. The van der Waals surface area contributed by atoms with Crippen LogP contribution in [-0.4, -0.2) is 120 Å². The first kappa shape index (κ1) is 43.0. The van der Waals surface area contributed by atoms with Crippen molar-refractivity contribution in [2.75, 3.05) is 103 Å². The maximum atomic E-state index is 13.9. The number of esters is 2. The molecule has 0 aliphatic carbocycles. The molecule has 3 aliphatic rings. The van der Waals surface area contributed by atoms with Gasteiger partial charge in [0.2, 0.25) is 0 Å². The van der Waals surface area contributed by atoms with Gasteiger partial charge in [-0.2, -0.15) is 0 Å². The Hall–Kier alpha value is -5.60. The molecule has 0 bridgehead atoms. The summed E-state index contributed by atoms with van der Waals surface area (Å²) in [6, 6.07) is 22.2. The van der Waals surface area contributed by atoms with Crippen LogP contribution < -0.4 is 24.6 Å². The molecular weight excluding hydrogens is 753 g/mol. The number of ether oxygens (including phenoxy) is 4. The minimum atomic E-state index is -0.907. The number of unbranched alkanes of at least 4 members (excludes halogenated alkanes) is 2. The number of non-ortho nitro benzene ring substituents is 1. The summed E-state index contributed by atoms with van der Waals surface area (Å²) in [6.45, 7) is 13.0. The minimum Gasteiger partial charge on any atom is -0.495 e. The second-order valence-corrected chi connectivity index (χ2v) is 15.2. The molecule has 0 spiro atoms. The lowest BCUT2D eigenvalue weighted by molar-refractivity contribution is -0.384. The third-order valence-corrected chi connectivity index (χ3v) is 11.4. The van der Waals surface area contributed by atoms with E-state index < -0.39 is 22.8 Å². The second-order valence-electron chi connectivity index (χ2n) is 15.2. The number of hydrogen-bond acceptors (Lipinski definition) is 13. The van der Waals surface area contributed by atoms with Crippen molar-refractivity contribution in [1.29, 1.82) is 0 Å². The van der Waals surface area contributed by atoms with Crippen LogP contribution in [0.2, 0.25) is 0 Å². The smallest absolute Gasteiger partial charge is 0.336 e.